The van der Waals surface area contributed by atoms with E-state index >= 15 is 0 Å². The second-order valence-corrected chi connectivity index (χ2v) is 9.23. The van der Waals surface area contributed by atoms with Gasteiger partial charge in [-0.1, -0.05) is 18.2 Å². The SMILES string of the molecule is O=C1CCC(N2Cc3cc(C(=O)N4CCC(c5ccccc5C(=O)O)CC4)ccc3C2=O)C(=O)N1. The monoisotopic (exact) mass is 475 g/mol. The number of fused-ring (bicyclic) bond motifs is 1. The highest BCUT2D eigenvalue weighted by atomic mass is 16.4. The van der Waals surface area contributed by atoms with Crippen molar-refractivity contribution < 1.29 is 29.1 Å². The molecule has 3 aliphatic rings. The normalized spacial score (nSPS) is 20.6. The Labute approximate surface area is 201 Å². The molecule has 2 fully saturated rings. The van der Waals surface area contributed by atoms with Crippen molar-refractivity contribution in [1.82, 2.24) is 15.1 Å². The number of imide groups is 1. The maximum atomic E-state index is 13.2. The molecule has 180 valence electrons. The third-order valence-corrected chi connectivity index (χ3v) is 7.18. The van der Waals surface area contributed by atoms with Crippen LogP contribution in [0.3, 0.4) is 0 Å². The molecule has 2 saturated heterocycles. The van der Waals surface area contributed by atoms with Crippen LogP contribution in [0, 0.1) is 0 Å². The van der Waals surface area contributed by atoms with Crippen LogP contribution in [0.4, 0.5) is 0 Å². The van der Waals surface area contributed by atoms with Gasteiger partial charge in [0, 0.05) is 37.2 Å². The number of hydrogen-bond donors (Lipinski definition) is 2. The Bertz CT molecular complexity index is 1250. The maximum Gasteiger partial charge on any atom is 0.335 e. The summed E-state index contributed by atoms with van der Waals surface area (Å²) >= 11 is 0. The summed E-state index contributed by atoms with van der Waals surface area (Å²) in [7, 11) is 0. The number of nitrogens with one attached hydrogen (secondary N) is 1. The minimum Gasteiger partial charge on any atom is -0.478 e. The molecule has 2 aromatic rings. The van der Waals surface area contributed by atoms with Gasteiger partial charge in [-0.15, -0.1) is 0 Å². The molecule has 0 saturated carbocycles. The van der Waals surface area contributed by atoms with Gasteiger partial charge >= 0.3 is 5.97 Å². The first-order valence-corrected chi connectivity index (χ1v) is 11.7. The number of nitrogens with zero attached hydrogens (tertiary/aromatic N) is 2. The fraction of sp³-hybridized carbons (Fsp3) is 0.346. The fourth-order valence-corrected chi connectivity index (χ4v) is 5.33. The molecular weight excluding hydrogens is 450 g/mol. The summed E-state index contributed by atoms with van der Waals surface area (Å²) in [6.07, 6.45) is 1.81. The molecule has 9 heteroatoms. The van der Waals surface area contributed by atoms with Gasteiger partial charge in [0.15, 0.2) is 0 Å². The number of carbonyl (C=O) groups excluding carboxylic acids is 4. The number of likely N-dealkylation sites (tertiary alicyclic amines) is 1. The van der Waals surface area contributed by atoms with Gasteiger partial charge in [-0.2, -0.15) is 0 Å². The van der Waals surface area contributed by atoms with E-state index in [0.717, 1.165) is 5.56 Å². The molecule has 0 spiro atoms. The van der Waals surface area contributed by atoms with Crippen LogP contribution in [0.1, 0.15) is 73.8 Å². The zero-order valence-corrected chi connectivity index (χ0v) is 19.0. The third-order valence-electron chi connectivity index (χ3n) is 7.18. The van der Waals surface area contributed by atoms with E-state index in [0.29, 0.717) is 48.2 Å². The Morgan fingerprint density at radius 3 is 2.43 bits per heavy atom. The number of carboxylic acids is 1. The van der Waals surface area contributed by atoms with Gasteiger partial charge in [0.1, 0.15) is 6.04 Å². The number of carboxylic acid groups (broad SMARTS) is 1. The van der Waals surface area contributed by atoms with Crippen molar-refractivity contribution in [2.45, 2.75) is 44.2 Å². The standard InChI is InChI=1S/C26H25N3O6/c30-22-8-7-21(23(31)27-22)29-14-17-13-16(5-6-19(17)25(29)33)24(32)28-11-9-15(10-12-28)18-3-1-2-4-20(18)26(34)35/h1-6,13,15,21H,7-12,14H2,(H,34,35)(H,27,30,31). The van der Waals surface area contributed by atoms with Crippen LogP contribution < -0.4 is 5.32 Å². The average molecular weight is 476 g/mol. The van der Waals surface area contributed by atoms with Crippen LogP contribution >= 0.6 is 0 Å². The van der Waals surface area contributed by atoms with E-state index in [1.54, 1.807) is 35.2 Å². The minimum absolute atomic E-state index is 0.0751. The molecule has 0 aromatic heterocycles. The first-order chi connectivity index (χ1) is 16.8. The topological polar surface area (TPSA) is 124 Å². The lowest BCUT2D eigenvalue weighted by molar-refractivity contribution is -0.136. The van der Waals surface area contributed by atoms with Crippen LogP contribution in [0.15, 0.2) is 42.5 Å². The van der Waals surface area contributed by atoms with E-state index in [4.69, 9.17) is 0 Å². The number of benzene rings is 2. The fourth-order valence-electron chi connectivity index (χ4n) is 5.33. The molecule has 35 heavy (non-hydrogen) atoms. The van der Waals surface area contributed by atoms with Gasteiger partial charge < -0.3 is 14.9 Å². The van der Waals surface area contributed by atoms with E-state index in [2.05, 4.69) is 5.32 Å². The zero-order valence-electron chi connectivity index (χ0n) is 19.0. The Hall–Kier alpha value is -4.01. The smallest absolute Gasteiger partial charge is 0.335 e. The lowest BCUT2D eigenvalue weighted by Gasteiger charge is -2.33. The summed E-state index contributed by atoms with van der Waals surface area (Å²) in [6.45, 7) is 1.24. The molecule has 1 unspecified atom stereocenters. The molecule has 2 N–H and O–H groups in total. The molecule has 1 atom stereocenters. The molecule has 5 rings (SSSR count). The average Bonchev–Trinajstić information content (AvgIpc) is 3.19. The first kappa shape index (κ1) is 22.8. The predicted octanol–water partition coefficient (Wildman–Crippen LogP) is 2.17. The Balaban J connectivity index is 1.27. The van der Waals surface area contributed by atoms with Crippen molar-refractivity contribution in [3.05, 3.63) is 70.3 Å². The van der Waals surface area contributed by atoms with E-state index in [1.807, 2.05) is 12.1 Å². The summed E-state index contributed by atoms with van der Waals surface area (Å²) < 4.78 is 0. The summed E-state index contributed by atoms with van der Waals surface area (Å²) in [5, 5.41) is 11.8. The lowest BCUT2D eigenvalue weighted by atomic mass is 9.86. The van der Waals surface area contributed by atoms with Gasteiger partial charge in [0.25, 0.3) is 11.8 Å². The van der Waals surface area contributed by atoms with Crippen molar-refractivity contribution in [3.8, 4) is 0 Å². The highest BCUT2D eigenvalue weighted by molar-refractivity contribution is 6.06. The van der Waals surface area contributed by atoms with Gasteiger partial charge in [-0.3, -0.25) is 24.5 Å². The van der Waals surface area contributed by atoms with Crippen LogP contribution in [0.2, 0.25) is 0 Å². The van der Waals surface area contributed by atoms with Gasteiger partial charge in [-0.05, 0) is 60.6 Å². The molecule has 0 bridgehead atoms. The molecule has 3 aliphatic heterocycles. The van der Waals surface area contributed by atoms with Crippen molar-refractivity contribution in [1.29, 1.82) is 0 Å². The third kappa shape index (κ3) is 4.18. The van der Waals surface area contributed by atoms with E-state index in [1.165, 1.54) is 4.90 Å². The Kier molecular flexibility index (Phi) is 5.84. The van der Waals surface area contributed by atoms with Crippen molar-refractivity contribution in [2.24, 2.45) is 0 Å². The van der Waals surface area contributed by atoms with E-state index in [-0.39, 0.29) is 43.0 Å². The zero-order chi connectivity index (χ0) is 24.7. The molecule has 0 aliphatic carbocycles. The minimum atomic E-state index is -0.946. The molecule has 4 amide bonds. The van der Waals surface area contributed by atoms with E-state index < -0.39 is 17.9 Å². The second-order valence-electron chi connectivity index (χ2n) is 9.23. The summed E-state index contributed by atoms with van der Waals surface area (Å²) in [6, 6.07) is 11.3. The lowest BCUT2D eigenvalue weighted by Crippen LogP contribution is -2.52. The van der Waals surface area contributed by atoms with Crippen molar-refractivity contribution >= 4 is 29.6 Å². The molecule has 9 nitrogen and oxygen atoms in total. The largest absolute Gasteiger partial charge is 0.478 e. The summed E-state index contributed by atoms with van der Waals surface area (Å²) in [4.78, 5) is 64.6. The van der Waals surface area contributed by atoms with Crippen molar-refractivity contribution in [3.63, 3.8) is 0 Å². The Morgan fingerprint density at radius 1 is 0.971 bits per heavy atom. The van der Waals surface area contributed by atoms with Gasteiger partial charge in [0.2, 0.25) is 11.8 Å². The molecular formula is C26H25N3O6. The summed E-state index contributed by atoms with van der Waals surface area (Å²) in [5.74, 6) is -2.08. The quantitative estimate of drug-likeness (QED) is 0.653. The number of carbonyl (C=O) groups is 5. The molecule has 3 heterocycles. The number of hydrogen-bond acceptors (Lipinski definition) is 5. The maximum absolute atomic E-state index is 13.2. The first-order valence-electron chi connectivity index (χ1n) is 11.7. The van der Waals surface area contributed by atoms with Crippen LogP contribution in [-0.4, -0.2) is 63.6 Å². The predicted molar refractivity (Wildman–Crippen MR) is 124 cm³/mol. The van der Waals surface area contributed by atoms with Gasteiger partial charge in [-0.25, -0.2) is 4.79 Å². The second kappa shape index (κ2) is 8.98. The van der Waals surface area contributed by atoms with E-state index in [9.17, 15) is 29.1 Å². The number of rotatable bonds is 4. The number of amides is 4. The van der Waals surface area contributed by atoms with Crippen LogP contribution in [0.25, 0.3) is 0 Å². The summed E-state index contributed by atoms with van der Waals surface area (Å²) in [5.41, 5.74) is 2.75. The highest BCUT2D eigenvalue weighted by Crippen LogP contribution is 2.32. The van der Waals surface area contributed by atoms with Gasteiger partial charge in [0.05, 0.1) is 5.56 Å². The highest BCUT2D eigenvalue weighted by Gasteiger charge is 2.39. The molecule has 0 radical (unpaired) electrons. The van der Waals surface area contributed by atoms with Crippen molar-refractivity contribution in [2.75, 3.05) is 13.1 Å². The van der Waals surface area contributed by atoms with Crippen LogP contribution in [-0.2, 0) is 16.1 Å². The molecule has 2 aromatic carbocycles. The number of aromatic carboxylic acids is 1. The Morgan fingerprint density at radius 2 is 1.71 bits per heavy atom. The number of piperidine rings is 2. The van der Waals surface area contributed by atoms with Crippen LogP contribution in [0.5, 0.6) is 0 Å².